The molecule has 0 unspecified atom stereocenters. The number of para-hydroxylation sites is 1. The van der Waals surface area contributed by atoms with Crippen molar-refractivity contribution in [2.24, 2.45) is 0 Å². The van der Waals surface area contributed by atoms with Crippen LogP contribution >= 0.6 is 0 Å². The molecule has 0 saturated carbocycles. The number of rotatable bonds is 8. The Kier molecular flexibility index (Phi) is 6.74. The van der Waals surface area contributed by atoms with Gasteiger partial charge in [0.05, 0.1) is 7.11 Å². The third kappa shape index (κ3) is 5.75. The maximum atomic E-state index is 12.3. The minimum Gasteiger partial charge on any atom is -0.493 e. The van der Waals surface area contributed by atoms with Crippen LogP contribution in [-0.2, 0) is 11.3 Å². The van der Waals surface area contributed by atoms with Gasteiger partial charge in [0, 0.05) is 23.5 Å². The first-order valence-corrected chi connectivity index (χ1v) is 9.51. The Hall–Kier alpha value is -3.47. The lowest BCUT2D eigenvalue weighted by atomic mass is 10.1. The van der Waals surface area contributed by atoms with Crippen LogP contribution in [0.2, 0.25) is 0 Å². The quantitative estimate of drug-likeness (QED) is 0.572. The first kappa shape index (κ1) is 20.3. The molecule has 3 rings (SSSR count). The second-order valence-corrected chi connectivity index (χ2v) is 6.87. The van der Waals surface area contributed by atoms with Crippen molar-refractivity contribution in [3.05, 3.63) is 83.4 Å². The molecule has 29 heavy (non-hydrogen) atoms. The molecule has 0 fully saturated rings. The summed E-state index contributed by atoms with van der Waals surface area (Å²) < 4.78 is 11.3. The van der Waals surface area contributed by atoms with E-state index in [0.29, 0.717) is 18.0 Å². The topological polar surface area (TPSA) is 59.6 Å². The maximum Gasteiger partial charge on any atom is 0.262 e. The monoisotopic (exact) mass is 390 g/mol. The molecule has 0 aromatic heterocycles. The van der Waals surface area contributed by atoms with Crippen LogP contribution in [0, 0.1) is 13.8 Å². The third-order valence-corrected chi connectivity index (χ3v) is 4.50. The highest BCUT2D eigenvalue weighted by Gasteiger charge is 2.13. The molecular weight excluding hydrogens is 364 g/mol. The predicted octanol–water partition coefficient (Wildman–Crippen LogP) is 4.94. The van der Waals surface area contributed by atoms with Crippen molar-refractivity contribution in [3.63, 3.8) is 0 Å². The number of aryl methyl sites for hydroxylation is 2. The van der Waals surface area contributed by atoms with Gasteiger partial charge < -0.3 is 20.1 Å². The van der Waals surface area contributed by atoms with E-state index in [0.717, 1.165) is 22.5 Å². The van der Waals surface area contributed by atoms with Gasteiger partial charge in [-0.25, -0.2) is 0 Å². The van der Waals surface area contributed by atoms with Gasteiger partial charge in [-0.15, -0.1) is 0 Å². The molecule has 5 heteroatoms. The summed E-state index contributed by atoms with van der Waals surface area (Å²) in [5.41, 5.74) is 5.01. The van der Waals surface area contributed by atoms with E-state index in [-0.39, 0.29) is 12.5 Å². The van der Waals surface area contributed by atoms with Gasteiger partial charge in [-0.05, 0) is 44.2 Å². The van der Waals surface area contributed by atoms with E-state index in [4.69, 9.17) is 9.47 Å². The molecule has 150 valence electrons. The molecule has 0 atom stereocenters. The summed E-state index contributed by atoms with van der Waals surface area (Å²) in [5, 5.41) is 6.22. The van der Waals surface area contributed by atoms with Gasteiger partial charge in [0.2, 0.25) is 0 Å². The first-order valence-electron chi connectivity index (χ1n) is 9.51. The van der Waals surface area contributed by atoms with Crippen LogP contribution in [0.4, 0.5) is 11.4 Å². The van der Waals surface area contributed by atoms with E-state index in [1.54, 1.807) is 7.11 Å². The zero-order valence-electron chi connectivity index (χ0n) is 17.0. The Morgan fingerprint density at radius 3 is 2.10 bits per heavy atom. The van der Waals surface area contributed by atoms with E-state index in [1.165, 1.54) is 5.56 Å². The van der Waals surface area contributed by atoms with Crippen LogP contribution in [0.1, 0.15) is 16.7 Å². The number of hydrogen-bond donors (Lipinski definition) is 2. The molecule has 0 aliphatic rings. The van der Waals surface area contributed by atoms with Crippen LogP contribution < -0.4 is 20.1 Å². The van der Waals surface area contributed by atoms with Crippen molar-refractivity contribution in [3.8, 4) is 11.5 Å². The summed E-state index contributed by atoms with van der Waals surface area (Å²) >= 11 is 0. The molecule has 0 aliphatic carbocycles. The van der Waals surface area contributed by atoms with E-state index in [9.17, 15) is 4.79 Å². The Balaban J connectivity index is 1.66. The van der Waals surface area contributed by atoms with Crippen molar-refractivity contribution in [1.29, 1.82) is 0 Å². The van der Waals surface area contributed by atoms with Crippen molar-refractivity contribution in [2.45, 2.75) is 20.4 Å². The van der Waals surface area contributed by atoms with Gasteiger partial charge in [0.25, 0.3) is 5.91 Å². The SMILES string of the molecule is COc1cccc(CNc2ccc(C)cc2)c1OCC(=O)Nc1ccc(C)cc1. The average molecular weight is 390 g/mol. The summed E-state index contributed by atoms with van der Waals surface area (Å²) in [6.07, 6.45) is 0. The van der Waals surface area contributed by atoms with Crippen LogP contribution in [-0.4, -0.2) is 19.6 Å². The average Bonchev–Trinajstić information content (AvgIpc) is 2.73. The summed E-state index contributed by atoms with van der Waals surface area (Å²) in [6, 6.07) is 21.5. The Morgan fingerprint density at radius 1 is 0.862 bits per heavy atom. The van der Waals surface area contributed by atoms with Crippen LogP contribution in [0.3, 0.4) is 0 Å². The Labute approximate surface area is 171 Å². The number of carbonyl (C=O) groups excluding carboxylic acids is 1. The van der Waals surface area contributed by atoms with E-state index in [1.807, 2.05) is 61.5 Å². The van der Waals surface area contributed by atoms with Crippen molar-refractivity contribution >= 4 is 17.3 Å². The normalized spacial score (nSPS) is 10.3. The van der Waals surface area contributed by atoms with E-state index >= 15 is 0 Å². The maximum absolute atomic E-state index is 12.3. The molecular formula is C24H26N2O3. The number of methoxy groups -OCH3 is 1. The van der Waals surface area contributed by atoms with Gasteiger partial charge in [0.1, 0.15) is 0 Å². The van der Waals surface area contributed by atoms with Gasteiger partial charge >= 0.3 is 0 Å². The fourth-order valence-corrected chi connectivity index (χ4v) is 2.87. The van der Waals surface area contributed by atoms with Crippen LogP contribution in [0.5, 0.6) is 11.5 Å². The van der Waals surface area contributed by atoms with Gasteiger partial charge in [0.15, 0.2) is 18.1 Å². The summed E-state index contributed by atoms with van der Waals surface area (Å²) in [6.45, 7) is 4.50. The largest absolute Gasteiger partial charge is 0.493 e. The highest BCUT2D eigenvalue weighted by Crippen LogP contribution is 2.31. The molecule has 0 aliphatic heterocycles. The number of amides is 1. The van der Waals surface area contributed by atoms with Gasteiger partial charge in [-0.3, -0.25) is 4.79 Å². The standard InChI is InChI=1S/C24H26N2O3/c1-17-7-11-20(12-8-17)25-15-19-5-4-6-22(28-3)24(19)29-16-23(27)26-21-13-9-18(2)10-14-21/h4-14,25H,15-16H2,1-3H3,(H,26,27). The molecule has 0 spiro atoms. The fraction of sp³-hybridized carbons (Fsp3) is 0.208. The molecule has 3 aromatic rings. The smallest absolute Gasteiger partial charge is 0.262 e. The zero-order valence-corrected chi connectivity index (χ0v) is 17.0. The van der Waals surface area contributed by atoms with Crippen LogP contribution in [0.25, 0.3) is 0 Å². The molecule has 5 nitrogen and oxygen atoms in total. The Bertz CT molecular complexity index is 951. The second-order valence-electron chi connectivity index (χ2n) is 6.87. The highest BCUT2D eigenvalue weighted by molar-refractivity contribution is 5.91. The minimum atomic E-state index is -0.225. The number of anilines is 2. The lowest BCUT2D eigenvalue weighted by Crippen LogP contribution is -2.21. The number of benzene rings is 3. The molecule has 3 aromatic carbocycles. The summed E-state index contributed by atoms with van der Waals surface area (Å²) in [7, 11) is 1.59. The number of carbonyl (C=O) groups is 1. The predicted molar refractivity (Wildman–Crippen MR) is 117 cm³/mol. The molecule has 0 saturated heterocycles. The fourth-order valence-electron chi connectivity index (χ4n) is 2.87. The first-order chi connectivity index (χ1) is 14.0. The minimum absolute atomic E-state index is 0.105. The molecule has 0 heterocycles. The molecule has 0 radical (unpaired) electrons. The van der Waals surface area contributed by atoms with Gasteiger partial charge in [-0.1, -0.05) is 47.5 Å². The Morgan fingerprint density at radius 2 is 1.48 bits per heavy atom. The second kappa shape index (κ2) is 9.64. The molecule has 2 N–H and O–H groups in total. The van der Waals surface area contributed by atoms with E-state index < -0.39 is 0 Å². The molecule has 0 bridgehead atoms. The van der Waals surface area contributed by atoms with Gasteiger partial charge in [-0.2, -0.15) is 0 Å². The summed E-state index contributed by atoms with van der Waals surface area (Å²) in [5.74, 6) is 0.933. The summed E-state index contributed by atoms with van der Waals surface area (Å²) in [4.78, 5) is 12.3. The number of hydrogen-bond acceptors (Lipinski definition) is 4. The lowest BCUT2D eigenvalue weighted by molar-refractivity contribution is -0.118. The van der Waals surface area contributed by atoms with Crippen LogP contribution in [0.15, 0.2) is 66.7 Å². The van der Waals surface area contributed by atoms with Crippen molar-refractivity contribution < 1.29 is 14.3 Å². The third-order valence-electron chi connectivity index (χ3n) is 4.50. The number of ether oxygens (including phenoxy) is 2. The highest BCUT2D eigenvalue weighted by atomic mass is 16.5. The lowest BCUT2D eigenvalue weighted by Gasteiger charge is -2.16. The van der Waals surface area contributed by atoms with Crippen molar-refractivity contribution in [2.75, 3.05) is 24.4 Å². The van der Waals surface area contributed by atoms with Crippen molar-refractivity contribution in [1.82, 2.24) is 0 Å². The molecule has 1 amide bonds. The zero-order chi connectivity index (χ0) is 20.6. The number of nitrogens with one attached hydrogen (secondary N) is 2. The van der Waals surface area contributed by atoms with E-state index in [2.05, 4.69) is 29.7 Å².